The van der Waals surface area contributed by atoms with Crippen molar-refractivity contribution in [3.63, 3.8) is 0 Å². The predicted molar refractivity (Wildman–Crippen MR) is 70.6 cm³/mol. The van der Waals surface area contributed by atoms with Crippen LogP contribution in [0.4, 0.5) is 5.69 Å². The van der Waals surface area contributed by atoms with Gasteiger partial charge in [0.15, 0.2) is 0 Å². The molecular formula is C14H18N2O2. The maximum atomic E-state index is 12.5. The van der Waals surface area contributed by atoms with E-state index < -0.39 is 5.54 Å². The van der Waals surface area contributed by atoms with Gasteiger partial charge >= 0.3 is 0 Å². The van der Waals surface area contributed by atoms with Gasteiger partial charge in [0.2, 0.25) is 0 Å². The van der Waals surface area contributed by atoms with Crippen LogP contribution in [0.25, 0.3) is 0 Å². The summed E-state index contributed by atoms with van der Waals surface area (Å²) in [4.78, 5) is 26.4. The highest BCUT2D eigenvalue weighted by Gasteiger charge is 2.40. The van der Waals surface area contributed by atoms with Crippen molar-refractivity contribution in [1.29, 1.82) is 0 Å². The van der Waals surface area contributed by atoms with Gasteiger partial charge in [-0.1, -0.05) is 19.1 Å². The Bertz CT molecular complexity index is 498. The summed E-state index contributed by atoms with van der Waals surface area (Å²) in [5.41, 5.74) is 0.427. The second-order valence-electron chi connectivity index (χ2n) is 4.71. The molecule has 1 aliphatic rings. The number of para-hydroxylation sites is 1. The summed E-state index contributed by atoms with van der Waals surface area (Å²) in [6.07, 6.45) is 0.571. The molecule has 4 heteroatoms. The van der Waals surface area contributed by atoms with Gasteiger partial charge in [-0.2, -0.15) is 0 Å². The third-order valence-corrected chi connectivity index (χ3v) is 3.57. The molecule has 2 amide bonds. The van der Waals surface area contributed by atoms with E-state index in [2.05, 4.69) is 5.32 Å². The molecule has 18 heavy (non-hydrogen) atoms. The van der Waals surface area contributed by atoms with E-state index in [1.807, 2.05) is 32.0 Å². The molecule has 1 heterocycles. The van der Waals surface area contributed by atoms with Crippen molar-refractivity contribution in [2.75, 3.05) is 11.4 Å². The van der Waals surface area contributed by atoms with E-state index in [0.717, 1.165) is 0 Å². The Hall–Kier alpha value is -1.84. The molecule has 1 N–H and O–H groups in total. The Kier molecular flexibility index (Phi) is 3.11. The summed E-state index contributed by atoms with van der Waals surface area (Å²) in [5, 5.41) is 2.85. The summed E-state index contributed by atoms with van der Waals surface area (Å²) in [6, 6.07) is 7.22. The van der Waals surface area contributed by atoms with Crippen molar-refractivity contribution in [3.8, 4) is 0 Å². The minimum atomic E-state index is -0.827. The van der Waals surface area contributed by atoms with Gasteiger partial charge < -0.3 is 10.2 Å². The minimum Gasteiger partial charge on any atom is -0.338 e. The molecule has 0 bridgehead atoms. The topological polar surface area (TPSA) is 49.4 Å². The van der Waals surface area contributed by atoms with Crippen LogP contribution in [0.5, 0.6) is 0 Å². The van der Waals surface area contributed by atoms with Gasteiger partial charge in [-0.3, -0.25) is 9.59 Å². The van der Waals surface area contributed by atoms with Crippen LogP contribution in [0.3, 0.4) is 0 Å². The first-order valence-electron chi connectivity index (χ1n) is 6.27. The van der Waals surface area contributed by atoms with Crippen LogP contribution in [0, 0.1) is 0 Å². The maximum absolute atomic E-state index is 12.5. The molecule has 2 rings (SSSR count). The summed E-state index contributed by atoms with van der Waals surface area (Å²) >= 11 is 0. The number of rotatable bonds is 2. The van der Waals surface area contributed by atoms with Crippen LogP contribution < -0.4 is 10.2 Å². The van der Waals surface area contributed by atoms with Gasteiger partial charge in [0.1, 0.15) is 5.54 Å². The number of hydrogen-bond acceptors (Lipinski definition) is 2. The van der Waals surface area contributed by atoms with Crippen LogP contribution in [-0.2, 0) is 4.79 Å². The maximum Gasteiger partial charge on any atom is 0.254 e. The van der Waals surface area contributed by atoms with Crippen LogP contribution >= 0.6 is 0 Å². The fourth-order valence-electron chi connectivity index (χ4n) is 2.23. The molecule has 1 atom stereocenters. The van der Waals surface area contributed by atoms with Crippen molar-refractivity contribution < 1.29 is 9.59 Å². The zero-order valence-corrected chi connectivity index (χ0v) is 11.0. The fraction of sp³-hybridized carbons (Fsp3) is 0.429. The molecule has 1 unspecified atom stereocenters. The molecule has 1 aromatic rings. The van der Waals surface area contributed by atoms with Crippen LogP contribution in [0.1, 0.15) is 37.6 Å². The van der Waals surface area contributed by atoms with Gasteiger partial charge in [0.25, 0.3) is 11.8 Å². The van der Waals surface area contributed by atoms with E-state index in [4.69, 9.17) is 0 Å². The molecule has 0 radical (unpaired) electrons. The van der Waals surface area contributed by atoms with Crippen molar-refractivity contribution >= 4 is 17.5 Å². The molecule has 4 nitrogen and oxygen atoms in total. The number of nitrogens with zero attached hydrogens (tertiary/aromatic N) is 1. The van der Waals surface area contributed by atoms with Crippen molar-refractivity contribution in [2.24, 2.45) is 0 Å². The first-order valence-corrected chi connectivity index (χ1v) is 6.27. The average Bonchev–Trinajstić information content (AvgIpc) is 2.46. The lowest BCUT2D eigenvalue weighted by Crippen LogP contribution is -2.55. The fourth-order valence-corrected chi connectivity index (χ4v) is 2.23. The lowest BCUT2D eigenvalue weighted by Gasteiger charge is -2.30. The van der Waals surface area contributed by atoms with Gasteiger partial charge in [-0.05, 0) is 32.4 Å². The zero-order chi connectivity index (χ0) is 13.3. The molecule has 0 aromatic heterocycles. The third-order valence-electron chi connectivity index (χ3n) is 3.57. The highest BCUT2D eigenvalue weighted by molar-refractivity contribution is 6.12. The summed E-state index contributed by atoms with van der Waals surface area (Å²) in [7, 11) is 0. The van der Waals surface area contributed by atoms with Crippen LogP contribution in [-0.4, -0.2) is 23.9 Å². The number of hydrogen-bond donors (Lipinski definition) is 1. The quantitative estimate of drug-likeness (QED) is 0.867. The third kappa shape index (κ3) is 1.78. The lowest BCUT2D eigenvalue weighted by atomic mass is 9.97. The number of fused-ring (bicyclic) bond motifs is 1. The monoisotopic (exact) mass is 246 g/mol. The summed E-state index contributed by atoms with van der Waals surface area (Å²) in [6.45, 7) is 6.16. The number of nitrogens with one attached hydrogen (secondary N) is 1. The lowest BCUT2D eigenvalue weighted by molar-refractivity contribution is -0.124. The first-order chi connectivity index (χ1) is 8.53. The first kappa shape index (κ1) is 12.6. The van der Waals surface area contributed by atoms with E-state index in [-0.39, 0.29) is 11.8 Å². The largest absolute Gasteiger partial charge is 0.338 e. The number of carbonyl (C=O) groups is 2. The van der Waals surface area contributed by atoms with Crippen molar-refractivity contribution in [1.82, 2.24) is 5.32 Å². The number of anilines is 1. The minimum absolute atomic E-state index is 0.0502. The van der Waals surface area contributed by atoms with E-state index in [1.54, 1.807) is 17.9 Å². The highest BCUT2D eigenvalue weighted by atomic mass is 16.2. The van der Waals surface area contributed by atoms with E-state index in [0.29, 0.717) is 24.2 Å². The van der Waals surface area contributed by atoms with Crippen molar-refractivity contribution in [3.05, 3.63) is 29.8 Å². The van der Waals surface area contributed by atoms with Gasteiger partial charge in [0, 0.05) is 6.54 Å². The van der Waals surface area contributed by atoms with Crippen LogP contribution in [0.15, 0.2) is 24.3 Å². The molecule has 0 saturated carbocycles. The number of amides is 2. The molecule has 1 aromatic carbocycles. The second kappa shape index (κ2) is 4.44. The molecule has 0 spiro atoms. The van der Waals surface area contributed by atoms with Crippen molar-refractivity contribution in [2.45, 2.75) is 32.7 Å². The summed E-state index contributed by atoms with van der Waals surface area (Å²) in [5.74, 6) is -0.231. The Labute approximate surface area is 107 Å². The Balaban J connectivity index is 2.60. The van der Waals surface area contributed by atoms with E-state index >= 15 is 0 Å². The van der Waals surface area contributed by atoms with E-state index in [9.17, 15) is 9.59 Å². The Morgan fingerprint density at radius 1 is 1.22 bits per heavy atom. The van der Waals surface area contributed by atoms with Crippen LogP contribution in [0.2, 0.25) is 0 Å². The second-order valence-corrected chi connectivity index (χ2v) is 4.71. The summed E-state index contributed by atoms with van der Waals surface area (Å²) < 4.78 is 0. The molecule has 0 saturated heterocycles. The number of likely N-dealkylation sites (N-methyl/N-ethyl adjacent to an activating group) is 1. The average molecular weight is 246 g/mol. The Morgan fingerprint density at radius 3 is 2.50 bits per heavy atom. The molecule has 96 valence electrons. The van der Waals surface area contributed by atoms with E-state index in [1.165, 1.54) is 0 Å². The van der Waals surface area contributed by atoms with Gasteiger partial charge in [0.05, 0.1) is 11.3 Å². The SMILES string of the molecule is CCN1C(=O)C(C)(CC)NC(=O)c2ccccc21. The smallest absolute Gasteiger partial charge is 0.254 e. The number of carbonyl (C=O) groups excluding carboxylic acids is 2. The molecule has 1 aliphatic heterocycles. The normalized spacial score (nSPS) is 23.4. The number of benzene rings is 1. The molecule has 0 aliphatic carbocycles. The predicted octanol–water partition coefficient (Wildman–Crippen LogP) is 1.95. The standard InChI is InChI=1S/C14H18N2O2/c1-4-14(3)13(18)16(5-2)11-9-7-6-8-10(11)12(17)15-14/h6-9H,4-5H2,1-3H3,(H,15,17). The van der Waals surface area contributed by atoms with Gasteiger partial charge in [-0.25, -0.2) is 0 Å². The molecular weight excluding hydrogens is 228 g/mol. The van der Waals surface area contributed by atoms with Gasteiger partial charge in [-0.15, -0.1) is 0 Å². The Morgan fingerprint density at radius 2 is 1.89 bits per heavy atom. The molecule has 0 fully saturated rings. The zero-order valence-electron chi connectivity index (χ0n) is 11.0. The highest BCUT2D eigenvalue weighted by Crippen LogP contribution is 2.28.